The summed E-state index contributed by atoms with van der Waals surface area (Å²) in [6.45, 7) is 4.60. The highest BCUT2D eigenvalue weighted by Crippen LogP contribution is 2.18. The summed E-state index contributed by atoms with van der Waals surface area (Å²) in [6.07, 6.45) is 5.48. The molecule has 0 heterocycles. The van der Waals surface area contributed by atoms with Crippen molar-refractivity contribution in [2.75, 3.05) is 11.9 Å². The van der Waals surface area contributed by atoms with Crippen LogP contribution >= 0.6 is 12.2 Å². The normalized spacial score (nSPS) is 10.2. The lowest BCUT2D eigenvalue weighted by Crippen LogP contribution is -2.48. The van der Waals surface area contributed by atoms with Gasteiger partial charge in [0, 0.05) is 17.7 Å². The second kappa shape index (κ2) is 14.6. The van der Waals surface area contributed by atoms with Gasteiger partial charge in [-0.2, -0.15) is 0 Å². The molecule has 3 amide bonds. The maximum absolute atomic E-state index is 12.6. The number of hydrogen-bond donors (Lipinski definition) is 4. The van der Waals surface area contributed by atoms with Gasteiger partial charge in [-0.1, -0.05) is 45.2 Å². The number of amides is 3. The molecule has 0 unspecified atom stereocenters. The number of rotatable bonds is 11. The van der Waals surface area contributed by atoms with E-state index in [0.717, 1.165) is 32.1 Å². The van der Waals surface area contributed by atoms with Gasteiger partial charge >= 0.3 is 0 Å². The molecule has 2 aromatic rings. The summed E-state index contributed by atoms with van der Waals surface area (Å²) in [7, 11) is 0. The third-order valence-corrected chi connectivity index (χ3v) is 5.02. The zero-order valence-electron chi connectivity index (χ0n) is 19.6. The number of hydrazine groups is 1. The van der Waals surface area contributed by atoms with Crippen LogP contribution in [0.2, 0.25) is 0 Å². The van der Waals surface area contributed by atoms with E-state index in [1.807, 2.05) is 6.92 Å². The fourth-order valence-corrected chi connectivity index (χ4v) is 3.18. The molecule has 0 bridgehead atoms. The second-order valence-corrected chi connectivity index (χ2v) is 8.05. The summed E-state index contributed by atoms with van der Waals surface area (Å²) in [6, 6.07) is 13.4. The molecule has 182 valence electrons. The summed E-state index contributed by atoms with van der Waals surface area (Å²) >= 11 is 5.12. The standard InChI is InChI=1S/C25H32N4O4S/c1-3-5-6-9-17-33-21-12-8-7-11-20(21)24(32)27-25(34)29-28-23(31)18-13-15-19(16-14-18)26-22(30)10-4-2/h7-8,11-16H,3-6,9-10,17H2,1-2H3,(H,26,30)(H,28,31)(H2,27,29,32,34). The molecule has 34 heavy (non-hydrogen) atoms. The number of thiocarbonyl (C=S) groups is 1. The fourth-order valence-electron chi connectivity index (χ4n) is 3.03. The van der Waals surface area contributed by atoms with Crippen LogP contribution in [0.15, 0.2) is 48.5 Å². The molecule has 0 aliphatic rings. The lowest BCUT2D eigenvalue weighted by atomic mass is 10.2. The molecule has 0 aliphatic carbocycles. The van der Waals surface area contributed by atoms with Gasteiger partial charge in [0.15, 0.2) is 5.11 Å². The van der Waals surface area contributed by atoms with E-state index in [2.05, 4.69) is 28.4 Å². The molecular formula is C25H32N4O4S. The monoisotopic (exact) mass is 484 g/mol. The van der Waals surface area contributed by atoms with Gasteiger partial charge in [0.2, 0.25) is 5.91 Å². The van der Waals surface area contributed by atoms with Gasteiger partial charge in [-0.25, -0.2) is 0 Å². The quantitative estimate of drug-likeness (QED) is 0.215. The minimum Gasteiger partial charge on any atom is -0.493 e. The summed E-state index contributed by atoms with van der Waals surface area (Å²) in [5.41, 5.74) is 6.28. The number of carbonyl (C=O) groups excluding carboxylic acids is 3. The van der Waals surface area contributed by atoms with E-state index < -0.39 is 11.8 Å². The van der Waals surface area contributed by atoms with E-state index in [1.54, 1.807) is 48.5 Å². The first-order valence-electron chi connectivity index (χ1n) is 11.5. The van der Waals surface area contributed by atoms with E-state index in [1.165, 1.54) is 0 Å². The molecule has 0 aliphatic heterocycles. The van der Waals surface area contributed by atoms with Crippen molar-refractivity contribution in [2.45, 2.75) is 52.4 Å². The smallest absolute Gasteiger partial charge is 0.269 e. The zero-order valence-corrected chi connectivity index (χ0v) is 20.4. The molecule has 0 saturated carbocycles. The SMILES string of the molecule is CCCCCCOc1ccccc1C(=O)NC(=S)NNC(=O)c1ccc(NC(=O)CCC)cc1. The number of ether oxygens (including phenoxy) is 1. The summed E-state index contributed by atoms with van der Waals surface area (Å²) in [5.74, 6) is -0.484. The van der Waals surface area contributed by atoms with Gasteiger partial charge in [0.25, 0.3) is 11.8 Å². The molecule has 0 spiro atoms. The van der Waals surface area contributed by atoms with Crippen LogP contribution in [0.25, 0.3) is 0 Å². The topological polar surface area (TPSA) is 109 Å². The van der Waals surface area contributed by atoms with E-state index >= 15 is 0 Å². The highest BCUT2D eigenvalue weighted by atomic mass is 32.1. The van der Waals surface area contributed by atoms with E-state index in [-0.39, 0.29) is 11.0 Å². The van der Waals surface area contributed by atoms with Crippen molar-refractivity contribution in [3.63, 3.8) is 0 Å². The molecule has 0 fully saturated rings. The molecule has 2 aromatic carbocycles. The van der Waals surface area contributed by atoms with Crippen LogP contribution in [-0.2, 0) is 4.79 Å². The number of unbranched alkanes of at least 4 members (excludes halogenated alkanes) is 3. The van der Waals surface area contributed by atoms with Crippen LogP contribution in [0.3, 0.4) is 0 Å². The molecule has 0 saturated heterocycles. The highest BCUT2D eigenvalue weighted by Gasteiger charge is 2.14. The molecule has 2 rings (SSSR count). The summed E-state index contributed by atoms with van der Waals surface area (Å²) < 4.78 is 5.77. The minimum atomic E-state index is -0.446. The summed E-state index contributed by atoms with van der Waals surface area (Å²) in [5, 5.41) is 5.24. The zero-order chi connectivity index (χ0) is 24.8. The number of para-hydroxylation sites is 1. The Morgan fingerprint density at radius 2 is 1.59 bits per heavy atom. The van der Waals surface area contributed by atoms with Crippen molar-refractivity contribution < 1.29 is 19.1 Å². The van der Waals surface area contributed by atoms with Crippen LogP contribution < -0.4 is 26.2 Å². The largest absolute Gasteiger partial charge is 0.493 e. The third kappa shape index (κ3) is 9.19. The fraction of sp³-hybridized carbons (Fsp3) is 0.360. The average molecular weight is 485 g/mol. The Labute approximate surface area is 205 Å². The lowest BCUT2D eigenvalue weighted by molar-refractivity contribution is -0.116. The van der Waals surface area contributed by atoms with Crippen LogP contribution in [0.4, 0.5) is 5.69 Å². The number of anilines is 1. The third-order valence-electron chi connectivity index (χ3n) is 4.81. The first kappa shape index (κ1) is 26.8. The number of benzene rings is 2. The first-order chi connectivity index (χ1) is 16.4. The van der Waals surface area contributed by atoms with Crippen LogP contribution in [-0.4, -0.2) is 29.4 Å². The van der Waals surface area contributed by atoms with Gasteiger partial charge < -0.3 is 10.1 Å². The van der Waals surface area contributed by atoms with Gasteiger partial charge in [-0.15, -0.1) is 0 Å². The predicted molar refractivity (Wildman–Crippen MR) is 137 cm³/mol. The molecule has 4 N–H and O–H groups in total. The minimum absolute atomic E-state index is 0.0560. The van der Waals surface area contributed by atoms with Crippen molar-refractivity contribution in [1.82, 2.24) is 16.2 Å². The average Bonchev–Trinajstić information content (AvgIpc) is 2.83. The Morgan fingerprint density at radius 3 is 2.29 bits per heavy atom. The maximum atomic E-state index is 12.6. The number of hydrogen-bond acceptors (Lipinski definition) is 5. The van der Waals surface area contributed by atoms with Crippen LogP contribution in [0, 0.1) is 0 Å². The molecule has 0 aromatic heterocycles. The lowest BCUT2D eigenvalue weighted by Gasteiger charge is -2.13. The molecule has 8 nitrogen and oxygen atoms in total. The molecule has 0 atom stereocenters. The molecule has 0 radical (unpaired) electrons. The van der Waals surface area contributed by atoms with E-state index in [9.17, 15) is 14.4 Å². The Balaban J connectivity index is 1.83. The van der Waals surface area contributed by atoms with Gasteiger partial charge in [-0.05, 0) is 61.5 Å². The maximum Gasteiger partial charge on any atom is 0.269 e. The molecule has 9 heteroatoms. The summed E-state index contributed by atoms with van der Waals surface area (Å²) in [4.78, 5) is 36.6. The van der Waals surface area contributed by atoms with Gasteiger partial charge in [-0.3, -0.25) is 30.6 Å². The Bertz CT molecular complexity index is 979. The van der Waals surface area contributed by atoms with Crippen molar-refractivity contribution in [2.24, 2.45) is 0 Å². The Kier molecular flexibility index (Phi) is 11.5. The number of nitrogens with one attached hydrogen (secondary N) is 4. The van der Waals surface area contributed by atoms with Gasteiger partial charge in [0.1, 0.15) is 5.75 Å². The van der Waals surface area contributed by atoms with Crippen molar-refractivity contribution >= 4 is 40.7 Å². The van der Waals surface area contributed by atoms with E-state index in [4.69, 9.17) is 17.0 Å². The number of carbonyl (C=O) groups is 3. The van der Waals surface area contributed by atoms with Gasteiger partial charge in [0.05, 0.1) is 12.2 Å². The first-order valence-corrected chi connectivity index (χ1v) is 11.9. The molecular weight excluding hydrogens is 452 g/mol. The predicted octanol–water partition coefficient (Wildman–Crippen LogP) is 4.33. The Hall–Kier alpha value is -3.46. The van der Waals surface area contributed by atoms with Crippen molar-refractivity contribution in [3.05, 3.63) is 59.7 Å². The van der Waals surface area contributed by atoms with Crippen molar-refractivity contribution in [3.8, 4) is 5.75 Å². The van der Waals surface area contributed by atoms with Crippen LogP contribution in [0.1, 0.15) is 73.1 Å². The van der Waals surface area contributed by atoms with Crippen LogP contribution in [0.5, 0.6) is 5.75 Å². The second-order valence-electron chi connectivity index (χ2n) is 7.64. The Morgan fingerprint density at radius 1 is 0.853 bits per heavy atom. The van der Waals surface area contributed by atoms with Crippen molar-refractivity contribution in [1.29, 1.82) is 0 Å². The highest BCUT2D eigenvalue weighted by molar-refractivity contribution is 7.80. The van der Waals surface area contributed by atoms with E-state index in [0.29, 0.717) is 35.6 Å².